The third-order valence-electron chi connectivity index (χ3n) is 3.10. The minimum Gasteiger partial charge on any atom is -0.384 e. The predicted octanol–water partition coefficient (Wildman–Crippen LogP) is 2.44. The highest BCUT2D eigenvalue weighted by atomic mass is 19.1. The first kappa shape index (κ1) is 11.6. The average molecular weight is 257 g/mol. The number of nitrogens with one attached hydrogen (secondary N) is 2. The van der Waals surface area contributed by atoms with Crippen molar-refractivity contribution in [2.24, 2.45) is 0 Å². The molecule has 0 saturated carbocycles. The highest BCUT2D eigenvalue weighted by Crippen LogP contribution is 2.23. The molecule has 0 fully saturated rings. The van der Waals surface area contributed by atoms with Crippen LogP contribution in [-0.2, 0) is 6.42 Å². The quantitative estimate of drug-likeness (QED) is 0.868. The molecule has 1 aromatic carbocycles. The van der Waals surface area contributed by atoms with Crippen molar-refractivity contribution in [2.45, 2.75) is 6.42 Å². The van der Waals surface area contributed by atoms with Crippen molar-refractivity contribution in [3.63, 3.8) is 0 Å². The van der Waals surface area contributed by atoms with Crippen LogP contribution < -0.4 is 10.6 Å². The SMILES string of the molecule is O=C(Nc1ccncc1F)c1ccc2c(c1)CCN2. The molecule has 1 amide bonds. The monoisotopic (exact) mass is 257 g/mol. The third kappa shape index (κ3) is 2.27. The lowest BCUT2D eigenvalue weighted by molar-refractivity contribution is 0.102. The minimum absolute atomic E-state index is 0.138. The fraction of sp³-hybridized carbons (Fsp3) is 0.143. The van der Waals surface area contributed by atoms with E-state index in [0.717, 1.165) is 30.4 Å². The van der Waals surface area contributed by atoms with Gasteiger partial charge in [0, 0.05) is 24.0 Å². The predicted molar refractivity (Wildman–Crippen MR) is 70.8 cm³/mol. The van der Waals surface area contributed by atoms with Gasteiger partial charge in [0.05, 0.1) is 11.9 Å². The highest BCUT2D eigenvalue weighted by Gasteiger charge is 2.14. The van der Waals surface area contributed by atoms with Gasteiger partial charge in [-0.1, -0.05) is 0 Å². The molecule has 5 heteroatoms. The molecule has 19 heavy (non-hydrogen) atoms. The second-order valence-corrected chi connectivity index (χ2v) is 4.36. The maximum absolute atomic E-state index is 13.4. The number of benzene rings is 1. The summed E-state index contributed by atoms with van der Waals surface area (Å²) in [5.41, 5.74) is 2.84. The molecule has 4 nitrogen and oxygen atoms in total. The summed E-state index contributed by atoms with van der Waals surface area (Å²) in [6, 6.07) is 6.87. The molecule has 0 atom stereocenters. The van der Waals surface area contributed by atoms with Crippen LogP contribution in [0.3, 0.4) is 0 Å². The van der Waals surface area contributed by atoms with Crippen LogP contribution in [0.25, 0.3) is 0 Å². The van der Waals surface area contributed by atoms with E-state index in [1.165, 1.54) is 12.3 Å². The molecule has 0 aliphatic carbocycles. The van der Waals surface area contributed by atoms with Crippen molar-refractivity contribution >= 4 is 17.3 Å². The van der Waals surface area contributed by atoms with E-state index in [9.17, 15) is 9.18 Å². The van der Waals surface area contributed by atoms with Crippen LogP contribution in [0, 0.1) is 5.82 Å². The standard InChI is InChI=1S/C14H12FN3O/c15-11-8-16-5-4-13(11)18-14(19)10-1-2-12-9(7-10)3-6-17-12/h1-2,4-5,7-8,17H,3,6H2,(H,16,18,19). The van der Waals surface area contributed by atoms with Gasteiger partial charge in [-0.05, 0) is 36.2 Å². The number of halogens is 1. The normalized spacial score (nSPS) is 12.7. The van der Waals surface area contributed by atoms with Crippen molar-refractivity contribution in [1.29, 1.82) is 0 Å². The summed E-state index contributed by atoms with van der Waals surface area (Å²) in [6.07, 6.45) is 3.41. The fourth-order valence-electron chi connectivity index (χ4n) is 2.12. The lowest BCUT2D eigenvalue weighted by Gasteiger charge is -2.07. The van der Waals surface area contributed by atoms with Crippen LogP contribution in [0.1, 0.15) is 15.9 Å². The van der Waals surface area contributed by atoms with E-state index in [1.54, 1.807) is 6.07 Å². The van der Waals surface area contributed by atoms with Gasteiger partial charge in [0.2, 0.25) is 0 Å². The maximum Gasteiger partial charge on any atom is 0.255 e. The summed E-state index contributed by atoms with van der Waals surface area (Å²) in [6.45, 7) is 0.888. The topological polar surface area (TPSA) is 54.0 Å². The molecule has 0 bridgehead atoms. The van der Waals surface area contributed by atoms with E-state index in [2.05, 4.69) is 15.6 Å². The Morgan fingerprint density at radius 3 is 3.11 bits per heavy atom. The number of nitrogens with zero attached hydrogens (tertiary/aromatic N) is 1. The number of rotatable bonds is 2. The Morgan fingerprint density at radius 1 is 1.37 bits per heavy atom. The molecule has 0 unspecified atom stereocenters. The zero-order chi connectivity index (χ0) is 13.2. The van der Waals surface area contributed by atoms with E-state index in [4.69, 9.17) is 0 Å². The van der Waals surface area contributed by atoms with Crippen molar-refractivity contribution in [3.8, 4) is 0 Å². The number of aromatic nitrogens is 1. The summed E-state index contributed by atoms with van der Waals surface area (Å²) in [7, 11) is 0. The van der Waals surface area contributed by atoms with Crippen molar-refractivity contribution in [2.75, 3.05) is 17.2 Å². The van der Waals surface area contributed by atoms with E-state index >= 15 is 0 Å². The Bertz CT molecular complexity index is 642. The lowest BCUT2D eigenvalue weighted by atomic mass is 10.1. The summed E-state index contributed by atoms with van der Waals surface area (Å²) in [5.74, 6) is -0.863. The molecule has 0 spiro atoms. The maximum atomic E-state index is 13.4. The van der Waals surface area contributed by atoms with Gasteiger partial charge < -0.3 is 10.6 Å². The second-order valence-electron chi connectivity index (χ2n) is 4.36. The molecule has 3 rings (SSSR count). The van der Waals surface area contributed by atoms with Gasteiger partial charge in [0.1, 0.15) is 0 Å². The number of carbonyl (C=O) groups is 1. The highest BCUT2D eigenvalue weighted by molar-refractivity contribution is 6.04. The van der Waals surface area contributed by atoms with Crippen molar-refractivity contribution in [1.82, 2.24) is 4.98 Å². The molecule has 1 aliphatic heterocycles. The summed E-state index contributed by atoms with van der Waals surface area (Å²) >= 11 is 0. The first-order valence-corrected chi connectivity index (χ1v) is 6.02. The summed E-state index contributed by atoms with van der Waals surface area (Å²) in [4.78, 5) is 15.7. The summed E-state index contributed by atoms with van der Waals surface area (Å²) in [5, 5.41) is 5.77. The van der Waals surface area contributed by atoms with E-state index in [1.807, 2.05) is 12.1 Å². The summed E-state index contributed by atoms with van der Waals surface area (Å²) < 4.78 is 13.4. The van der Waals surface area contributed by atoms with Crippen LogP contribution in [0.15, 0.2) is 36.7 Å². The third-order valence-corrected chi connectivity index (χ3v) is 3.10. The number of amides is 1. The van der Waals surface area contributed by atoms with Crippen LogP contribution in [0.5, 0.6) is 0 Å². The zero-order valence-electron chi connectivity index (χ0n) is 10.1. The van der Waals surface area contributed by atoms with Gasteiger partial charge in [-0.15, -0.1) is 0 Å². The first-order chi connectivity index (χ1) is 9.24. The second kappa shape index (κ2) is 4.68. The van der Waals surface area contributed by atoms with Gasteiger partial charge in [-0.2, -0.15) is 0 Å². The molecule has 96 valence electrons. The molecule has 0 radical (unpaired) electrons. The van der Waals surface area contributed by atoms with Crippen molar-refractivity contribution < 1.29 is 9.18 Å². The molecule has 2 heterocycles. The molecule has 2 N–H and O–H groups in total. The fourth-order valence-corrected chi connectivity index (χ4v) is 2.12. The number of hydrogen-bond acceptors (Lipinski definition) is 3. The largest absolute Gasteiger partial charge is 0.384 e. The molecule has 0 saturated heterocycles. The van der Waals surface area contributed by atoms with Crippen LogP contribution in [0.2, 0.25) is 0 Å². The zero-order valence-corrected chi connectivity index (χ0v) is 10.1. The van der Waals surface area contributed by atoms with Gasteiger partial charge >= 0.3 is 0 Å². The van der Waals surface area contributed by atoms with Gasteiger partial charge in [0.15, 0.2) is 5.82 Å². The van der Waals surface area contributed by atoms with Gasteiger partial charge in [-0.3, -0.25) is 9.78 Å². The Balaban J connectivity index is 1.83. The minimum atomic E-state index is -0.543. The molecule has 1 aliphatic rings. The number of hydrogen-bond donors (Lipinski definition) is 2. The number of fused-ring (bicyclic) bond motifs is 1. The Kier molecular flexibility index (Phi) is 2.87. The van der Waals surface area contributed by atoms with Crippen LogP contribution >= 0.6 is 0 Å². The number of pyridine rings is 1. The molecule has 2 aromatic rings. The Hall–Kier alpha value is -2.43. The Morgan fingerprint density at radius 2 is 2.26 bits per heavy atom. The van der Waals surface area contributed by atoms with Gasteiger partial charge in [-0.25, -0.2) is 4.39 Å². The van der Waals surface area contributed by atoms with Crippen molar-refractivity contribution in [3.05, 3.63) is 53.6 Å². The average Bonchev–Trinajstić information content (AvgIpc) is 2.88. The van der Waals surface area contributed by atoms with Crippen LogP contribution in [-0.4, -0.2) is 17.4 Å². The van der Waals surface area contributed by atoms with E-state index in [0.29, 0.717) is 5.56 Å². The number of carbonyl (C=O) groups excluding carboxylic acids is 1. The molecular weight excluding hydrogens is 245 g/mol. The molecular formula is C14H12FN3O. The van der Waals surface area contributed by atoms with Gasteiger partial charge in [0.25, 0.3) is 5.91 Å². The smallest absolute Gasteiger partial charge is 0.255 e. The van der Waals surface area contributed by atoms with E-state index < -0.39 is 5.82 Å². The Labute approximate surface area is 109 Å². The first-order valence-electron chi connectivity index (χ1n) is 6.02. The lowest BCUT2D eigenvalue weighted by Crippen LogP contribution is -2.13. The number of anilines is 2. The molecule has 1 aromatic heterocycles. The van der Waals surface area contributed by atoms with Crippen LogP contribution in [0.4, 0.5) is 15.8 Å². The van der Waals surface area contributed by atoms with E-state index in [-0.39, 0.29) is 11.6 Å².